The van der Waals surface area contributed by atoms with Crippen molar-refractivity contribution in [2.24, 2.45) is 4.99 Å². The summed E-state index contributed by atoms with van der Waals surface area (Å²) in [7, 11) is 0. The molecule has 122 valence electrons. The highest BCUT2D eigenvalue weighted by Gasteiger charge is 2.22. The van der Waals surface area contributed by atoms with Gasteiger partial charge in [0.2, 0.25) is 0 Å². The van der Waals surface area contributed by atoms with Crippen LogP contribution in [0, 0.1) is 0 Å². The summed E-state index contributed by atoms with van der Waals surface area (Å²) in [6.07, 6.45) is 1.70. The highest BCUT2D eigenvalue weighted by molar-refractivity contribution is 7.10. The topological polar surface area (TPSA) is 45.1 Å². The molecule has 1 fully saturated rings. The van der Waals surface area contributed by atoms with E-state index < -0.39 is 0 Å². The highest BCUT2D eigenvalue weighted by Crippen LogP contribution is 2.26. The molecule has 1 saturated heterocycles. The van der Waals surface area contributed by atoms with Crippen LogP contribution < -0.4 is 0 Å². The number of aromatic hydroxyl groups is 1. The molecule has 1 aliphatic heterocycles. The molecule has 1 atom stereocenters. The van der Waals surface area contributed by atoms with Gasteiger partial charge in [-0.15, -0.1) is 11.3 Å². The highest BCUT2D eigenvalue weighted by atomic mass is 35.5. The number of thiophene rings is 1. The van der Waals surface area contributed by atoms with E-state index in [9.17, 15) is 5.11 Å². The smallest absolute Gasteiger partial charge is 0.124 e. The van der Waals surface area contributed by atoms with Gasteiger partial charge in [0.15, 0.2) is 0 Å². The standard InChI is InChI=1S/C17H19ClN2O2S/c18-14-3-4-16(21)13(10-14)11-19-12-15(17-2-1-9-23-17)20-5-7-22-8-6-20/h1-4,9-11,15,21H,5-8,12H2/t15-/m1/s1. The number of hydrogen-bond acceptors (Lipinski definition) is 5. The average molecular weight is 351 g/mol. The van der Waals surface area contributed by atoms with E-state index in [1.165, 1.54) is 4.88 Å². The number of morpholine rings is 1. The van der Waals surface area contributed by atoms with Crippen LogP contribution in [-0.2, 0) is 4.74 Å². The number of phenolic OH excluding ortho intramolecular Hbond substituents is 1. The van der Waals surface area contributed by atoms with Crippen LogP contribution in [0.25, 0.3) is 0 Å². The summed E-state index contributed by atoms with van der Waals surface area (Å²) >= 11 is 7.72. The van der Waals surface area contributed by atoms with Crippen molar-refractivity contribution in [3.8, 4) is 5.75 Å². The third-order valence-corrected chi connectivity index (χ3v) is 5.06. The summed E-state index contributed by atoms with van der Waals surface area (Å²) in [5.41, 5.74) is 0.643. The number of hydrogen-bond donors (Lipinski definition) is 1. The Hall–Kier alpha value is -1.40. The van der Waals surface area contributed by atoms with Crippen molar-refractivity contribution in [2.45, 2.75) is 6.04 Å². The van der Waals surface area contributed by atoms with Gasteiger partial charge in [-0.1, -0.05) is 17.7 Å². The maximum Gasteiger partial charge on any atom is 0.124 e. The zero-order valence-corrected chi connectivity index (χ0v) is 14.3. The average Bonchev–Trinajstić information content (AvgIpc) is 3.09. The van der Waals surface area contributed by atoms with Crippen molar-refractivity contribution in [3.05, 3.63) is 51.2 Å². The summed E-state index contributed by atoms with van der Waals surface area (Å²) in [4.78, 5) is 8.27. The van der Waals surface area contributed by atoms with Gasteiger partial charge in [0.1, 0.15) is 5.75 Å². The van der Waals surface area contributed by atoms with Gasteiger partial charge in [-0.05, 0) is 29.6 Å². The van der Waals surface area contributed by atoms with E-state index in [4.69, 9.17) is 16.3 Å². The minimum Gasteiger partial charge on any atom is -0.507 e. The van der Waals surface area contributed by atoms with Crippen LogP contribution in [0.15, 0.2) is 40.7 Å². The number of halogens is 1. The molecule has 0 bridgehead atoms. The van der Waals surface area contributed by atoms with Gasteiger partial charge in [-0.25, -0.2) is 0 Å². The molecule has 0 radical (unpaired) electrons. The van der Waals surface area contributed by atoms with Gasteiger partial charge in [-0.2, -0.15) is 0 Å². The van der Waals surface area contributed by atoms with Crippen LogP contribution in [0.3, 0.4) is 0 Å². The Balaban J connectivity index is 1.73. The summed E-state index contributed by atoms with van der Waals surface area (Å²) in [5.74, 6) is 0.192. The Morgan fingerprint density at radius 2 is 2.17 bits per heavy atom. The first-order chi connectivity index (χ1) is 11.2. The van der Waals surface area contributed by atoms with Crippen LogP contribution in [0.2, 0.25) is 5.02 Å². The molecule has 6 heteroatoms. The Morgan fingerprint density at radius 1 is 1.35 bits per heavy atom. The predicted octanol–water partition coefficient (Wildman–Crippen LogP) is 3.60. The maximum atomic E-state index is 9.86. The first-order valence-electron chi connectivity index (χ1n) is 7.57. The molecule has 0 saturated carbocycles. The Morgan fingerprint density at radius 3 is 2.91 bits per heavy atom. The predicted molar refractivity (Wildman–Crippen MR) is 95.0 cm³/mol. The van der Waals surface area contributed by atoms with E-state index in [2.05, 4.69) is 27.4 Å². The van der Waals surface area contributed by atoms with Crippen LogP contribution in [0.5, 0.6) is 5.75 Å². The zero-order valence-electron chi connectivity index (χ0n) is 12.7. The summed E-state index contributed by atoms with van der Waals surface area (Å²) < 4.78 is 5.45. The molecule has 23 heavy (non-hydrogen) atoms. The van der Waals surface area contributed by atoms with E-state index >= 15 is 0 Å². The summed E-state index contributed by atoms with van der Waals surface area (Å²) in [6, 6.07) is 9.43. The summed E-state index contributed by atoms with van der Waals surface area (Å²) in [6.45, 7) is 4.01. The molecule has 3 rings (SSSR count). The molecule has 2 heterocycles. The van der Waals surface area contributed by atoms with Crippen molar-refractivity contribution >= 4 is 29.2 Å². The van der Waals surface area contributed by atoms with Gasteiger partial charge < -0.3 is 9.84 Å². The van der Waals surface area contributed by atoms with Crippen LogP contribution >= 0.6 is 22.9 Å². The maximum absolute atomic E-state index is 9.86. The number of ether oxygens (including phenoxy) is 1. The van der Waals surface area contributed by atoms with E-state index in [0.717, 1.165) is 26.3 Å². The number of phenols is 1. The molecule has 1 N–H and O–H groups in total. The molecule has 0 spiro atoms. The fourth-order valence-corrected chi connectivity index (χ4v) is 3.67. The molecule has 0 amide bonds. The Labute approximate surface area is 145 Å². The van der Waals surface area contributed by atoms with Crippen molar-refractivity contribution in [1.82, 2.24) is 4.90 Å². The van der Waals surface area contributed by atoms with Gasteiger partial charge in [-0.3, -0.25) is 9.89 Å². The Kier molecular flexibility index (Phi) is 5.67. The minimum atomic E-state index is 0.192. The van der Waals surface area contributed by atoms with E-state index in [0.29, 0.717) is 17.1 Å². The van der Waals surface area contributed by atoms with E-state index in [-0.39, 0.29) is 11.8 Å². The van der Waals surface area contributed by atoms with Crippen molar-refractivity contribution in [3.63, 3.8) is 0 Å². The normalized spacial score (nSPS) is 17.6. The van der Waals surface area contributed by atoms with Crippen LogP contribution in [-0.4, -0.2) is 49.1 Å². The third kappa shape index (κ3) is 4.32. The first-order valence-corrected chi connectivity index (χ1v) is 8.83. The lowest BCUT2D eigenvalue weighted by molar-refractivity contribution is 0.0187. The van der Waals surface area contributed by atoms with Crippen LogP contribution in [0.1, 0.15) is 16.5 Å². The lowest BCUT2D eigenvalue weighted by atomic mass is 10.2. The Bertz CT molecular complexity index is 655. The molecular weight excluding hydrogens is 332 g/mol. The fourth-order valence-electron chi connectivity index (χ4n) is 2.64. The van der Waals surface area contributed by atoms with Gasteiger partial charge in [0.05, 0.1) is 25.8 Å². The number of aliphatic imine (C=N–C) groups is 1. The minimum absolute atomic E-state index is 0.192. The fraction of sp³-hybridized carbons (Fsp3) is 0.353. The SMILES string of the molecule is Oc1ccc(Cl)cc1C=NC[C@H](c1cccs1)N1CCOCC1. The zero-order chi connectivity index (χ0) is 16.1. The second-order valence-electron chi connectivity index (χ2n) is 5.38. The van der Waals surface area contributed by atoms with Crippen LogP contribution in [0.4, 0.5) is 0 Å². The lowest BCUT2D eigenvalue weighted by Gasteiger charge is -2.33. The molecule has 2 aromatic rings. The number of rotatable bonds is 5. The molecular formula is C17H19ClN2O2S. The quantitative estimate of drug-likeness (QED) is 0.838. The third-order valence-electron chi connectivity index (χ3n) is 3.86. The number of nitrogens with zero attached hydrogens (tertiary/aromatic N) is 2. The van der Waals surface area contributed by atoms with Gasteiger partial charge >= 0.3 is 0 Å². The second-order valence-corrected chi connectivity index (χ2v) is 6.79. The van der Waals surface area contributed by atoms with Gasteiger partial charge in [0.25, 0.3) is 0 Å². The molecule has 0 unspecified atom stereocenters. The molecule has 1 aromatic carbocycles. The number of benzene rings is 1. The summed E-state index contributed by atoms with van der Waals surface area (Å²) in [5, 5.41) is 12.5. The molecule has 0 aliphatic carbocycles. The second kappa shape index (κ2) is 7.93. The van der Waals surface area contributed by atoms with E-state index in [1.807, 2.05) is 0 Å². The molecule has 4 nitrogen and oxygen atoms in total. The largest absolute Gasteiger partial charge is 0.507 e. The first kappa shape index (κ1) is 16.5. The lowest BCUT2D eigenvalue weighted by Crippen LogP contribution is -2.39. The van der Waals surface area contributed by atoms with Crippen molar-refractivity contribution < 1.29 is 9.84 Å². The molecule has 1 aromatic heterocycles. The van der Waals surface area contributed by atoms with Crippen molar-refractivity contribution in [1.29, 1.82) is 0 Å². The molecule has 1 aliphatic rings. The van der Waals surface area contributed by atoms with Crippen molar-refractivity contribution in [2.75, 3.05) is 32.8 Å². The van der Waals surface area contributed by atoms with E-state index in [1.54, 1.807) is 35.8 Å². The monoisotopic (exact) mass is 350 g/mol. The van der Waals surface area contributed by atoms with Gasteiger partial charge in [0, 0.05) is 34.8 Å².